The minimum absolute atomic E-state index is 0.103. The predicted octanol–water partition coefficient (Wildman–Crippen LogP) is 1.94. The number of carbonyl (C=O) groups is 1. The molecule has 0 aliphatic rings. The molecule has 0 aromatic carbocycles. The second kappa shape index (κ2) is 3.41. The van der Waals surface area contributed by atoms with E-state index in [1.807, 2.05) is 0 Å². The fourth-order valence-electron chi connectivity index (χ4n) is 1.09. The predicted molar refractivity (Wildman–Crippen MR) is 49.7 cm³/mol. The Morgan fingerprint density at radius 2 is 2.07 bits per heavy atom. The summed E-state index contributed by atoms with van der Waals surface area (Å²) in [6, 6.07) is 5.21. The molecule has 0 amide bonds. The number of nitrogens with zero attached hydrogens (tertiary/aromatic N) is 2. The summed E-state index contributed by atoms with van der Waals surface area (Å²) in [5, 5.41) is 3.65. The van der Waals surface area contributed by atoms with Crippen LogP contribution in [0.15, 0.2) is 35.1 Å². The van der Waals surface area contributed by atoms with Crippen LogP contribution in [0.2, 0.25) is 0 Å². The fourth-order valence-corrected chi connectivity index (χ4v) is 1.09. The summed E-state index contributed by atoms with van der Waals surface area (Å²) in [6.45, 7) is 1.45. The van der Waals surface area contributed by atoms with E-state index in [0.29, 0.717) is 11.5 Å². The third-order valence-electron chi connectivity index (χ3n) is 1.84. The molecular formula is C10H8N2O2. The van der Waals surface area contributed by atoms with Crippen molar-refractivity contribution in [2.45, 2.75) is 6.92 Å². The van der Waals surface area contributed by atoms with Gasteiger partial charge in [0.05, 0.1) is 0 Å². The van der Waals surface area contributed by atoms with Crippen molar-refractivity contribution in [2.24, 2.45) is 0 Å². The molecule has 0 N–H and O–H groups in total. The minimum Gasteiger partial charge on any atom is -0.356 e. The monoisotopic (exact) mass is 188 g/mol. The Labute approximate surface area is 80.6 Å². The van der Waals surface area contributed by atoms with Gasteiger partial charge in [0, 0.05) is 30.9 Å². The number of hydrogen-bond donors (Lipinski definition) is 0. The van der Waals surface area contributed by atoms with Crippen LogP contribution in [0.5, 0.6) is 0 Å². The average Bonchev–Trinajstić information content (AvgIpc) is 2.68. The van der Waals surface area contributed by atoms with Crippen molar-refractivity contribution in [3.05, 3.63) is 36.3 Å². The van der Waals surface area contributed by atoms with E-state index in [0.717, 1.165) is 5.56 Å². The van der Waals surface area contributed by atoms with Gasteiger partial charge in [0.15, 0.2) is 11.5 Å². The molecule has 0 atom stereocenters. The first-order valence-corrected chi connectivity index (χ1v) is 4.15. The van der Waals surface area contributed by atoms with Crippen molar-refractivity contribution >= 4 is 5.78 Å². The smallest absolute Gasteiger partial charge is 0.181 e. The molecule has 4 nitrogen and oxygen atoms in total. The van der Waals surface area contributed by atoms with Gasteiger partial charge in [-0.3, -0.25) is 9.78 Å². The van der Waals surface area contributed by atoms with E-state index in [2.05, 4.69) is 10.1 Å². The molecule has 2 rings (SSSR count). The average molecular weight is 188 g/mol. The van der Waals surface area contributed by atoms with E-state index in [9.17, 15) is 4.79 Å². The van der Waals surface area contributed by atoms with Gasteiger partial charge in [0.25, 0.3) is 0 Å². The summed E-state index contributed by atoms with van der Waals surface area (Å²) < 4.78 is 5.01. The molecule has 0 bridgehead atoms. The second-order valence-electron chi connectivity index (χ2n) is 2.87. The number of aromatic nitrogens is 2. The van der Waals surface area contributed by atoms with Crippen LogP contribution in [0.4, 0.5) is 0 Å². The topological polar surface area (TPSA) is 56.0 Å². The Morgan fingerprint density at radius 1 is 1.36 bits per heavy atom. The molecule has 0 unspecified atom stereocenters. The zero-order valence-electron chi connectivity index (χ0n) is 7.60. The maximum absolute atomic E-state index is 11.0. The number of pyridine rings is 1. The van der Waals surface area contributed by atoms with Gasteiger partial charge in [0.1, 0.15) is 5.69 Å². The van der Waals surface area contributed by atoms with Crippen molar-refractivity contribution in [1.82, 2.24) is 10.1 Å². The first-order chi connectivity index (χ1) is 6.77. The zero-order valence-corrected chi connectivity index (χ0v) is 7.60. The summed E-state index contributed by atoms with van der Waals surface area (Å²) in [5.74, 6) is 0.478. The van der Waals surface area contributed by atoms with Crippen LogP contribution >= 0.6 is 0 Å². The van der Waals surface area contributed by atoms with E-state index in [1.165, 1.54) is 6.92 Å². The van der Waals surface area contributed by atoms with Crippen molar-refractivity contribution < 1.29 is 9.32 Å². The Morgan fingerprint density at radius 3 is 2.64 bits per heavy atom. The highest BCUT2D eigenvalue weighted by molar-refractivity contribution is 5.92. The maximum Gasteiger partial charge on any atom is 0.181 e. The number of Topliss-reactive ketones (excluding diaryl/α,β-unsaturated/α-hetero) is 1. The van der Waals surface area contributed by atoms with Crippen molar-refractivity contribution in [3.63, 3.8) is 0 Å². The van der Waals surface area contributed by atoms with Gasteiger partial charge in [-0.2, -0.15) is 0 Å². The van der Waals surface area contributed by atoms with Crippen LogP contribution in [-0.2, 0) is 0 Å². The fraction of sp³-hybridized carbons (Fsp3) is 0.100. The van der Waals surface area contributed by atoms with Gasteiger partial charge in [-0.15, -0.1) is 0 Å². The Balaban J connectivity index is 2.39. The SMILES string of the molecule is CC(=O)c1cc(-c2ccncc2)on1. The second-order valence-corrected chi connectivity index (χ2v) is 2.87. The molecule has 14 heavy (non-hydrogen) atoms. The first kappa shape index (κ1) is 8.62. The summed E-state index contributed by atoms with van der Waals surface area (Å²) >= 11 is 0. The third kappa shape index (κ3) is 1.54. The number of rotatable bonds is 2. The van der Waals surface area contributed by atoms with E-state index in [-0.39, 0.29) is 5.78 Å². The standard InChI is InChI=1S/C10H8N2O2/c1-7(13)9-6-10(14-12-9)8-2-4-11-5-3-8/h2-6H,1H3. The Kier molecular flexibility index (Phi) is 2.10. The van der Waals surface area contributed by atoms with E-state index >= 15 is 0 Å². The molecule has 2 aromatic heterocycles. The van der Waals surface area contributed by atoms with Crippen LogP contribution in [0.1, 0.15) is 17.4 Å². The van der Waals surface area contributed by atoms with E-state index in [4.69, 9.17) is 4.52 Å². The molecule has 0 saturated carbocycles. The van der Waals surface area contributed by atoms with Gasteiger partial charge in [-0.05, 0) is 12.1 Å². The minimum atomic E-state index is -0.103. The van der Waals surface area contributed by atoms with Crippen LogP contribution in [-0.4, -0.2) is 15.9 Å². The Hall–Kier alpha value is -1.97. The van der Waals surface area contributed by atoms with Crippen LogP contribution < -0.4 is 0 Å². The largest absolute Gasteiger partial charge is 0.356 e. The van der Waals surface area contributed by atoms with Gasteiger partial charge in [-0.1, -0.05) is 5.16 Å². The summed E-state index contributed by atoms with van der Waals surface area (Å²) in [4.78, 5) is 14.8. The van der Waals surface area contributed by atoms with Crippen LogP contribution in [0.3, 0.4) is 0 Å². The van der Waals surface area contributed by atoms with E-state index < -0.39 is 0 Å². The normalized spacial score (nSPS) is 10.1. The zero-order chi connectivity index (χ0) is 9.97. The highest BCUT2D eigenvalue weighted by Crippen LogP contribution is 2.18. The lowest BCUT2D eigenvalue weighted by Gasteiger charge is -1.90. The molecule has 0 saturated heterocycles. The van der Waals surface area contributed by atoms with Gasteiger partial charge >= 0.3 is 0 Å². The van der Waals surface area contributed by atoms with Crippen molar-refractivity contribution in [3.8, 4) is 11.3 Å². The first-order valence-electron chi connectivity index (χ1n) is 4.15. The third-order valence-corrected chi connectivity index (χ3v) is 1.84. The summed E-state index contributed by atoms with van der Waals surface area (Å²) in [7, 11) is 0. The molecule has 70 valence electrons. The highest BCUT2D eigenvalue weighted by atomic mass is 16.5. The number of carbonyl (C=O) groups excluding carboxylic acids is 1. The van der Waals surface area contributed by atoms with Crippen LogP contribution in [0.25, 0.3) is 11.3 Å². The maximum atomic E-state index is 11.0. The summed E-state index contributed by atoms with van der Waals surface area (Å²) in [5.41, 5.74) is 1.21. The molecule has 4 heteroatoms. The van der Waals surface area contributed by atoms with Crippen molar-refractivity contribution in [2.75, 3.05) is 0 Å². The number of ketones is 1. The van der Waals surface area contributed by atoms with E-state index in [1.54, 1.807) is 30.6 Å². The lowest BCUT2D eigenvalue weighted by Crippen LogP contribution is -1.89. The Bertz CT molecular complexity index is 448. The molecule has 0 spiro atoms. The lowest BCUT2D eigenvalue weighted by molar-refractivity contribution is 0.100. The molecular weight excluding hydrogens is 180 g/mol. The molecule has 0 fully saturated rings. The molecule has 2 aromatic rings. The lowest BCUT2D eigenvalue weighted by atomic mass is 10.2. The van der Waals surface area contributed by atoms with Gasteiger partial charge in [-0.25, -0.2) is 0 Å². The van der Waals surface area contributed by atoms with Crippen LogP contribution in [0, 0.1) is 0 Å². The van der Waals surface area contributed by atoms with Crippen molar-refractivity contribution in [1.29, 1.82) is 0 Å². The molecule has 0 aliphatic heterocycles. The highest BCUT2D eigenvalue weighted by Gasteiger charge is 2.08. The molecule has 2 heterocycles. The van der Waals surface area contributed by atoms with Gasteiger partial charge in [0.2, 0.25) is 0 Å². The number of hydrogen-bond acceptors (Lipinski definition) is 4. The summed E-state index contributed by atoms with van der Waals surface area (Å²) in [6.07, 6.45) is 3.32. The molecule has 0 aliphatic carbocycles. The molecule has 0 radical (unpaired) electrons. The quantitative estimate of drug-likeness (QED) is 0.676. The van der Waals surface area contributed by atoms with Gasteiger partial charge < -0.3 is 4.52 Å².